The van der Waals surface area contributed by atoms with Crippen LogP contribution in [0.1, 0.15) is 24.0 Å². The Balaban J connectivity index is 2.03. The molecule has 4 rings (SSSR count). The standard InChI is InChI=1S/C14H10N6O/c1-7-9(5-15)12(10-6-16-18-14(10)17-7)8-3-2-4-11-13(8)20-21-19-11/h2-4,6,12H,1H3,(H2,16,17,18). The Labute approximate surface area is 119 Å². The van der Waals surface area contributed by atoms with Gasteiger partial charge < -0.3 is 5.32 Å². The van der Waals surface area contributed by atoms with Crippen molar-refractivity contribution in [1.82, 2.24) is 20.5 Å². The third kappa shape index (κ3) is 1.56. The van der Waals surface area contributed by atoms with Crippen molar-refractivity contribution in [3.05, 3.63) is 46.8 Å². The zero-order valence-electron chi connectivity index (χ0n) is 11.1. The molecular formula is C14H10N6O. The van der Waals surface area contributed by atoms with Gasteiger partial charge in [0.15, 0.2) is 5.82 Å². The summed E-state index contributed by atoms with van der Waals surface area (Å²) in [7, 11) is 0. The van der Waals surface area contributed by atoms with Gasteiger partial charge in [0.2, 0.25) is 0 Å². The molecule has 0 bridgehead atoms. The molecule has 1 aliphatic rings. The Morgan fingerprint density at radius 1 is 1.29 bits per heavy atom. The maximum absolute atomic E-state index is 9.54. The molecule has 0 saturated heterocycles. The molecule has 1 aromatic carbocycles. The van der Waals surface area contributed by atoms with Crippen LogP contribution >= 0.6 is 0 Å². The van der Waals surface area contributed by atoms with E-state index in [-0.39, 0.29) is 5.92 Å². The highest BCUT2D eigenvalue weighted by atomic mass is 16.6. The lowest BCUT2D eigenvalue weighted by Crippen LogP contribution is -2.16. The van der Waals surface area contributed by atoms with Gasteiger partial charge in [-0.3, -0.25) is 5.10 Å². The first kappa shape index (κ1) is 11.7. The van der Waals surface area contributed by atoms with Gasteiger partial charge in [0.1, 0.15) is 11.0 Å². The largest absolute Gasteiger partial charge is 0.341 e. The van der Waals surface area contributed by atoms with Crippen molar-refractivity contribution < 1.29 is 4.63 Å². The SMILES string of the molecule is CC1=C(C#N)C(c2cccc3nonc23)c2c[nH]nc2N1. The van der Waals surface area contributed by atoms with E-state index in [2.05, 4.69) is 31.9 Å². The lowest BCUT2D eigenvalue weighted by molar-refractivity contribution is 0.315. The molecule has 21 heavy (non-hydrogen) atoms. The third-order valence-corrected chi connectivity index (χ3v) is 3.73. The minimum atomic E-state index is -0.236. The average molecular weight is 278 g/mol. The first-order valence-electron chi connectivity index (χ1n) is 6.42. The molecule has 2 aromatic heterocycles. The van der Waals surface area contributed by atoms with Crippen LogP contribution in [-0.2, 0) is 0 Å². The smallest absolute Gasteiger partial charge is 0.156 e. The fourth-order valence-corrected chi connectivity index (χ4v) is 2.77. The first-order chi connectivity index (χ1) is 10.3. The van der Waals surface area contributed by atoms with Gasteiger partial charge in [0.25, 0.3) is 0 Å². The highest BCUT2D eigenvalue weighted by molar-refractivity contribution is 5.80. The second-order valence-electron chi connectivity index (χ2n) is 4.88. The molecule has 7 heteroatoms. The van der Waals surface area contributed by atoms with E-state index >= 15 is 0 Å². The Kier molecular flexibility index (Phi) is 2.32. The summed E-state index contributed by atoms with van der Waals surface area (Å²) in [5, 5.41) is 27.5. The second kappa shape index (κ2) is 4.18. The number of aromatic amines is 1. The van der Waals surface area contributed by atoms with Gasteiger partial charge in [0, 0.05) is 17.5 Å². The number of hydrogen-bond donors (Lipinski definition) is 2. The molecule has 0 aliphatic carbocycles. The number of hydrogen-bond acceptors (Lipinski definition) is 6. The Bertz CT molecular complexity index is 913. The summed E-state index contributed by atoms with van der Waals surface area (Å²) in [6.07, 6.45) is 1.79. The number of H-pyrrole nitrogens is 1. The molecular weight excluding hydrogens is 268 g/mol. The molecule has 1 aliphatic heterocycles. The summed E-state index contributed by atoms with van der Waals surface area (Å²) in [5.74, 6) is 0.491. The maximum Gasteiger partial charge on any atom is 0.156 e. The lowest BCUT2D eigenvalue weighted by Gasteiger charge is -2.24. The summed E-state index contributed by atoms with van der Waals surface area (Å²) in [5.41, 5.74) is 4.56. The summed E-state index contributed by atoms with van der Waals surface area (Å²) in [6.45, 7) is 1.87. The first-order valence-corrected chi connectivity index (χ1v) is 6.42. The minimum absolute atomic E-state index is 0.236. The Morgan fingerprint density at radius 2 is 2.19 bits per heavy atom. The normalized spacial score (nSPS) is 17.4. The van der Waals surface area contributed by atoms with Crippen molar-refractivity contribution in [2.45, 2.75) is 12.8 Å². The van der Waals surface area contributed by atoms with Crippen molar-refractivity contribution in [2.75, 3.05) is 5.32 Å². The quantitative estimate of drug-likeness (QED) is 0.707. The molecule has 0 saturated carbocycles. The number of nitrogens with zero attached hydrogens (tertiary/aromatic N) is 4. The fourth-order valence-electron chi connectivity index (χ4n) is 2.77. The van der Waals surface area contributed by atoms with Crippen molar-refractivity contribution >= 4 is 16.9 Å². The molecule has 0 radical (unpaired) electrons. The molecule has 3 heterocycles. The summed E-state index contributed by atoms with van der Waals surface area (Å²) in [6, 6.07) is 7.93. The zero-order chi connectivity index (χ0) is 14.4. The highest BCUT2D eigenvalue weighted by Gasteiger charge is 2.31. The molecule has 102 valence electrons. The van der Waals surface area contributed by atoms with Crippen molar-refractivity contribution in [3.8, 4) is 6.07 Å². The number of rotatable bonds is 1. The van der Waals surface area contributed by atoms with Gasteiger partial charge in [-0.15, -0.1) is 0 Å². The summed E-state index contributed by atoms with van der Waals surface area (Å²) in [4.78, 5) is 0. The van der Waals surface area contributed by atoms with Crippen LogP contribution in [-0.4, -0.2) is 20.5 Å². The molecule has 0 amide bonds. The Hall–Kier alpha value is -3.14. The van der Waals surface area contributed by atoms with E-state index in [0.29, 0.717) is 16.6 Å². The van der Waals surface area contributed by atoms with Crippen LogP contribution in [0.25, 0.3) is 11.0 Å². The third-order valence-electron chi connectivity index (χ3n) is 3.73. The number of benzene rings is 1. The molecule has 0 fully saturated rings. The highest BCUT2D eigenvalue weighted by Crippen LogP contribution is 2.41. The fraction of sp³-hybridized carbons (Fsp3) is 0.143. The number of fused-ring (bicyclic) bond motifs is 2. The molecule has 3 aromatic rings. The monoisotopic (exact) mass is 278 g/mol. The summed E-state index contributed by atoms with van der Waals surface area (Å²) >= 11 is 0. The number of allylic oxidation sites excluding steroid dienone is 2. The minimum Gasteiger partial charge on any atom is -0.341 e. The van der Waals surface area contributed by atoms with Crippen LogP contribution in [0.2, 0.25) is 0 Å². The molecule has 7 nitrogen and oxygen atoms in total. The Morgan fingerprint density at radius 3 is 3.05 bits per heavy atom. The maximum atomic E-state index is 9.54. The van der Waals surface area contributed by atoms with Crippen molar-refractivity contribution in [3.63, 3.8) is 0 Å². The van der Waals surface area contributed by atoms with Gasteiger partial charge >= 0.3 is 0 Å². The van der Waals surface area contributed by atoms with Gasteiger partial charge in [0.05, 0.1) is 17.6 Å². The van der Waals surface area contributed by atoms with Crippen molar-refractivity contribution in [2.24, 2.45) is 0 Å². The van der Waals surface area contributed by atoms with E-state index in [1.807, 2.05) is 25.1 Å². The van der Waals surface area contributed by atoms with Gasteiger partial charge in [-0.25, -0.2) is 4.63 Å². The van der Waals surface area contributed by atoms with E-state index in [0.717, 1.165) is 22.6 Å². The number of nitriles is 1. The average Bonchev–Trinajstić information content (AvgIpc) is 3.13. The molecule has 2 N–H and O–H groups in total. The van der Waals surface area contributed by atoms with E-state index < -0.39 is 0 Å². The predicted octanol–water partition coefficient (Wildman–Crippen LogP) is 2.30. The van der Waals surface area contributed by atoms with E-state index in [1.165, 1.54) is 0 Å². The van der Waals surface area contributed by atoms with Crippen LogP contribution in [0.5, 0.6) is 0 Å². The number of aromatic nitrogens is 4. The molecule has 1 unspecified atom stereocenters. The predicted molar refractivity (Wildman–Crippen MR) is 74.2 cm³/mol. The van der Waals surface area contributed by atoms with Crippen LogP contribution in [0.4, 0.5) is 5.82 Å². The van der Waals surface area contributed by atoms with Gasteiger partial charge in [-0.1, -0.05) is 12.1 Å². The van der Waals surface area contributed by atoms with Crippen LogP contribution < -0.4 is 5.32 Å². The van der Waals surface area contributed by atoms with Crippen LogP contribution in [0, 0.1) is 11.3 Å². The second-order valence-corrected chi connectivity index (χ2v) is 4.88. The number of anilines is 1. The topological polar surface area (TPSA) is 103 Å². The van der Waals surface area contributed by atoms with Crippen molar-refractivity contribution in [1.29, 1.82) is 5.26 Å². The number of nitrogens with one attached hydrogen (secondary N) is 2. The van der Waals surface area contributed by atoms with Gasteiger partial charge in [-0.05, 0) is 28.9 Å². The summed E-state index contributed by atoms with van der Waals surface area (Å²) < 4.78 is 4.82. The molecule has 1 atom stereocenters. The zero-order valence-corrected chi connectivity index (χ0v) is 11.1. The lowest BCUT2D eigenvalue weighted by atomic mass is 9.83. The molecule has 0 spiro atoms. The van der Waals surface area contributed by atoms with E-state index in [4.69, 9.17) is 4.63 Å². The van der Waals surface area contributed by atoms with E-state index in [9.17, 15) is 5.26 Å². The van der Waals surface area contributed by atoms with Crippen LogP contribution in [0.15, 0.2) is 40.3 Å². The van der Waals surface area contributed by atoms with Gasteiger partial charge in [-0.2, -0.15) is 10.4 Å². The van der Waals surface area contributed by atoms with Crippen LogP contribution in [0.3, 0.4) is 0 Å². The van der Waals surface area contributed by atoms with E-state index in [1.54, 1.807) is 6.20 Å².